The number of piperazine rings is 1. The third-order valence-electron chi connectivity index (χ3n) is 4.30. The SMILES string of the molecule is O=C(O)CC1C(=O)N(Cc2cc(F)cc(F)c2)CCN1Cc1ccco1. The van der Waals surface area contributed by atoms with E-state index in [1.807, 2.05) is 0 Å². The van der Waals surface area contributed by atoms with E-state index >= 15 is 0 Å². The lowest BCUT2D eigenvalue weighted by Crippen LogP contribution is -2.56. The van der Waals surface area contributed by atoms with E-state index in [2.05, 4.69) is 0 Å². The van der Waals surface area contributed by atoms with Crippen LogP contribution in [0.25, 0.3) is 0 Å². The maximum atomic E-state index is 13.4. The van der Waals surface area contributed by atoms with Crippen LogP contribution in [-0.2, 0) is 22.7 Å². The average Bonchev–Trinajstić information content (AvgIpc) is 3.05. The van der Waals surface area contributed by atoms with Crippen LogP contribution in [0.4, 0.5) is 8.78 Å². The number of hydrogen-bond acceptors (Lipinski definition) is 4. The Morgan fingerprint density at radius 3 is 2.54 bits per heavy atom. The lowest BCUT2D eigenvalue weighted by atomic mass is 10.1. The number of carbonyl (C=O) groups excluding carboxylic acids is 1. The molecule has 8 heteroatoms. The molecular weight excluding hydrogens is 346 g/mol. The summed E-state index contributed by atoms with van der Waals surface area (Å²) < 4.78 is 32.0. The fourth-order valence-electron chi connectivity index (χ4n) is 3.14. The second kappa shape index (κ2) is 7.65. The summed E-state index contributed by atoms with van der Waals surface area (Å²) in [5.41, 5.74) is 0.324. The Hall–Kier alpha value is -2.74. The predicted octanol–water partition coefficient (Wildman–Crippen LogP) is 2.25. The fraction of sp³-hybridized carbons (Fsp3) is 0.333. The Bertz CT molecular complexity index is 774. The first-order valence-electron chi connectivity index (χ1n) is 8.14. The van der Waals surface area contributed by atoms with Gasteiger partial charge in [-0.1, -0.05) is 0 Å². The van der Waals surface area contributed by atoms with Gasteiger partial charge in [0.05, 0.1) is 19.2 Å². The Morgan fingerprint density at radius 2 is 1.92 bits per heavy atom. The Balaban J connectivity index is 1.75. The van der Waals surface area contributed by atoms with Crippen molar-refractivity contribution >= 4 is 11.9 Å². The minimum atomic E-state index is -1.09. The summed E-state index contributed by atoms with van der Waals surface area (Å²) in [5, 5.41) is 9.16. The minimum absolute atomic E-state index is 0.0260. The van der Waals surface area contributed by atoms with Crippen LogP contribution in [0, 0.1) is 11.6 Å². The Morgan fingerprint density at radius 1 is 1.19 bits per heavy atom. The zero-order valence-corrected chi connectivity index (χ0v) is 13.9. The summed E-state index contributed by atoms with van der Waals surface area (Å²) in [5.74, 6) is -2.27. The van der Waals surface area contributed by atoms with Crippen LogP contribution < -0.4 is 0 Å². The highest BCUT2D eigenvalue weighted by molar-refractivity contribution is 5.86. The van der Waals surface area contributed by atoms with E-state index in [9.17, 15) is 18.4 Å². The van der Waals surface area contributed by atoms with Crippen LogP contribution in [-0.4, -0.2) is 45.9 Å². The summed E-state index contributed by atoms with van der Waals surface area (Å²) in [6.45, 7) is 1.10. The molecule has 1 fully saturated rings. The number of nitrogens with zero attached hydrogens (tertiary/aromatic N) is 2. The molecule has 1 aliphatic rings. The van der Waals surface area contributed by atoms with Gasteiger partial charge in [-0.3, -0.25) is 14.5 Å². The van der Waals surface area contributed by atoms with Gasteiger partial charge in [-0.05, 0) is 29.8 Å². The van der Waals surface area contributed by atoms with Crippen molar-refractivity contribution in [2.24, 2.45) is 0 Å². The van der Waals surface area contributed by atoms with Gasteiger partial charge in [0.1, 0.15) is 23.4 Å². The van der Waals surface area contributed by atoms with Gasteiger partial charge in [0.25, 0.3) is 0 Å². The highest BCUT2D eigenvalue weighted by Crippen LogP contribution is 2.20. The highest BCUT2D eigenvalue weighted by atomic mass is 19.1. The van der Waals surface area contributed by atoms with Crippen LogP contribution in [0.3, 0.4) is 0 Å². The molecule has 2 heterocycles. The van der Waals surface area contributed by atoms with Crippen LogP contribution in [0.2, 0.25) is 0 Å². The second-order valence-corrected chi connectivity index (χ2v) is 6.20. The molecule has 1 atom stereocenters. The van der Waals surface area contributed by atoms with E-state index in [-0.39, 0.29) is 18.9 Å². The van der Waals surface area contributed by atoms with E-state index in [0.29, 0.717) is 31.0 Å². The molecule has 0 radical (unpaired) electrons. The van der Waals surface area contributed by atoms with E-state index in [1.54, 1.807) is 17.0 Å². The number of rotatable bonds is 6. The number of benzene rings is 1. The van der Waals surface area contributed by atoms with Gasteiger partial charge in [0.15, 0.2) is 0 Å². The van der Waals surface area contributed by atoms with Gasteiger partial charge in [-0.25, -0.2) is 8.78 Å². The van der Waals surface area contributed by atoms with Crippen LogP contribution in [0.1, 0.15) is 17.7 Å². The minimum Gasteiger partial charge on any atom is -0.481 e. The van der Waals surface area contributed by atoms with Gasteiger partial charge in [-0.2, -0.15) is 0 Å². The molecule has 26 heavy (non-hydrogen) atoms. The third-order valence-corrected chi connectivity index (χ3v) is 4.30. The first-order chi connectivity index (χ1) is 12.4. The monoisotopic (exact) mass is 364 g/mol. The quantitative estimate of drug-likeness (QED) is 0.851. The van der Waals surface area contributed by atoms with Crippen molar-refractivity contribution in [2.75, 3.05) is 13.1 Å². The summed E-state index contributed by atoms with van der Waals surface area (Å²) in [7, 11) is 0. The van der Waals surface area contributed by atoms with Crippen molar-refractivity contribution in [3.8, 4) is 0 Å². The van der Waals surface area contributed by atoms with Gasteiger partial charge >= 0.3 is 5.97 Å². The summed E-state index contributed by atoms with van der Waals surface area (Å²) >= 11 is 0. The van der Waals surface area contributed by atoms with Crippen LogP contribution in [0.5, 0.6) is 0 Å². The Labute approximate surface area is 148 Å². The van der Waals surface area contributed by atoms with Crippen molar-refractivity contribution in [1.29, 1.82) is 0 Å². The molecule has 138 valence electrons. The predicted molar refractivity (Wildman–Crippen MR) is 86.9 cm³/mol. The van der Waals surface area contributed by atoms with Gasteiger partial charge < -0.3 is 14.4 Å². The van der Waals surface area contributed by atoms with Crippen molar-refractivity contribution in [3.63, 3.8) is 0 Å². The number of amides is 1. The molecule has 1 saturated heterocycles. The molecule has 1 unspecified atom stereocenters. The zero-order chi connectivity index (χ0) is 18.7. The smallest absolute Gasteiger partial charge is 0.305 e. The molecule has 6 nitrogen and oxygen atoms in total. The van der Waals surface area contributed by atoms with E-state index in [4.69, 9.17) is 9.52 Å². The third kappa shape index (κ3) is 4.26. The zero-order valence-electron chi connectivity index (χ0n) is 13.9. The maximum Gasteiger partial charge on any atom is 0.305 e. The van der Waals surface area contributed by atoms with Gasteiger partial charge in [0.2, 0.25) is 5.91 Å². The van der Waals surface area contributed by atoms with Gasteiger partial charge in [0, 0.05) is 25.7 Å². The van der Waals surface area contributed by atoms with E-state index in [0.717, 1.165) is 18.2 Å². The molecule has 0 aliphatic carbocycles. The molecule has 2 aromatic rings. The number of furan rings is 1. The number of carboxylic acids is 1. The highest BCUT2D eigenvalue weighted by Gasteiger charge is 2.36. The molecule has 0 saturated carbocycles. The lowest BCUT2D eigenvalue weighted by molar-refractivity contribution is -0.150. The fourth-order valence-corrected chi connectivity index (χ4v) is 3.14. The van der Waals surface area contributed by atoms with Crippen molar-refractivity contribution in [3.05, 3.63) is 59.6 Å². The van der Waals surface area contributed by atoms with Crippen molar-refractivity contribution in [2.45, 2.75) is 25.6 Å². The molecule has 1 amide bonds. The molecule has 1 N–H and O–H groups in total. The van der Waals surface area contributed by atoms with Crippen LogP contribution in [0.15, 0.2) is 41.0 Å². The number of hydrogen-bond donors (Lipinski definition) is 1. The second-order valence-electron chi connectivity index (χ2n) is 6.20. The van der Waals surface area contributed by atoms with E-state index in [1.165, 1.54) is 11.2 Å². The van der Waals surface area contributed by atoms with Crippen LogP contribution >= 0.6 is 0 Å². The first-order valence-corrected chi connectivity index (χ1v) is 8.14. The topological polar surface area (TPSA) is 74.0 Å². The first kappa shape index (κ1) is 18.1. The number of carbonyl (C=O) groups is 2. The lowest BCUT2D eigenvalue weighted by Gasteiger charge is -2.39. The molecule has 3 rings (SSSR count). The Kier molecular flexibility index (Phi) is 5.32. The standard InChI is InChI=1S/C18H18F2N2O4/c19-13-6-12(7-14(20)8-13)10-22-4-3-21(11-15-2-1-5-26-15)16(18(22)25)9-17(23)24/h1-2,5-8,16H,3-4,9-11H2,(H,23,24). The number of carboxylic acid groups (broad SMARTS) is 1. The average molecular weight is 364 g/mol. The van der Waals surface area contributed by atoms with Crippen molar-refractivity contribution in [1.82, 2.24) is 9.80 Å². The molecular formula is C18H18F2N2O4. The summed E-state index contributed by atoms with van der Waals surface area (Å²) in [6.07, 6.45) is 1.16. The molecule has 1 aromatic heterocycles. The van der Waals surface area contributed by atoms with Crippen molar-refractivity contribution < 1.29 is 27.9 Å². The molecule has 0 spiro atoms. The number of halogens is 2. The summed E-state index contributed by atoms with van der Waals surface area (Å²) in [6, 6.07) is 5.71. The summed E-state index contributed by atoms with van der Waals surface area (Å²) in [4.78, 5) is 27.2. The largest absolute Gasteiger partial charge is 0.481 e. The molecule has 1 aromatic carbocycles. The van der Waals surface area contributed by atoms with Gasteiger partial charge in [-0.15, -0.1) is 0 Å². The molecule has 1 aliphatic heterocycles. The normalized spacial score (nSPS) is 18.3. The number of aliphatic carboxylic acids is 1. The van der Waals surface area contributed by atoms with E-state index < -0.39 is 23.6 Å². The maximum absolute atomic E-state index is 13.4. The molecule has 0 bridgehead atoms.